The number of aryl methyl sites for hydroxylation is 3. The number of carbonyl (C=O) groups is 1. The monoisotopic (exact) mass is 483 g/mol. The number of benzene rings is 1. The molecule has 0 spiro atoms. The number of rotatable bonds is 5. The van der Waals surface area contributed by atoms with E-state index in [0.717, 1.165) is 74.8 Å². The van der Waals surface area contributed by atoms with Gasteiger partial charge in [-0.3, -0.25) is 0 Å². The topological polar surface area (TPSA) is 102 Å². The van der Waals surface area contributed by atoms with Crippen molar-refractivity contribution in [3.05, 3.63) is 40.3 Å². The summed E-state index contributed by atoms with van der Waals surface area (Å²) in [6.45, 7) is 3.05. The van der Waals surface area contributed by atoms with Crippen LogP contribution in [-0.4, -0.2) is 88.1 Å². The quantitative estimate of drug-likeness (QED) is 0.636. The molecule has 8 nitrogen and oxygen atoms in total. The number of imidazole rings is 1. The molecule has 2 N–H and O–H groups in total. The van der Waals surface area contributed by atoms with E-state index in [4.69, 9.17) is 4.74 Å². The van der Waals surface area contributed by atoms with Crippen LogP contribution < -0.4 is 10.0 Å². The molecule has 2 aromatic rings. The van der Waals surface area contributed by atoms with Crippen LogP contribution in [0.4, 0.5) is 10.5 Å². The Balaban J connectivity index is 0.00000245. The molecule has 2 aliphatic carbocycles. The number of urea groups is 1. The van der Waals surface area contributed by atoms with Crippen LogP contribution in [0.15, 0.2) is 17.3 Å². The van der Waals surface area contributed by atoms with E-state index in [0.29, 0.717) is 12.4 Å². The van der Waals surface area contributed by atoms with Gasteiger partial charge in [-0.1, -0.05) is 6.07 Å². The maximum atomic E-state index is 12.8. The molecule has 1 radical (unpaired) electrons. The van der Waals surface area contributed by atoms with Crippen LogP contribution in [-0.2, 0) is 47.0 Å². The SMILES string of the molecule is Cc1nc(S(=O)(=O)NC(=O)Nc2c3c(cc4c2CCC4)CCC3)cn1CC1CCCO1.[K]. The second-order valence-corrected chi connectivity index (χ2v) is 10.3. The molecule has 2 amide bonds. The van der Waals surface area contributed by atoms with Crippen LogP contribution in [0.2, 0.25) is 0 Å². The predicted octanol–water partition coefficient (Wildman–Crippen LogP) is 2.48. The van der Waals surface area contributed by atoms with Gasteiger partial charge in [-0.2, -0.15) is 8.42 Å². The number of carbonyl (C=O) groups excluding carboxylic acids is 1. The van der Waals surface area contributed by atoms with Crippen molar-refractivity contribution < 1.29 is 17.9 Å². The van der Waals surface area contributed by atoms with Crippen molar-refractivity contribution in [3.63, 3.8) is 0 Å². The number of amides is 2. The van der Waals surface area contributed by atoms with Gasteiger partial charge < -0.3 is 14.6 Å². The van der Waals surface area contributed by atoms with Gasteiger partial charge in [0.1, 0.15) is 5.82 Å². The molecule has 1 aromatic heterocycles. The standard InChI is InChI=1S/C22H28N4O4S.K/c1-14-23-20(13-26(14)12-17-7-4-10-30-17)31(28,29)25-22(27)24-21-18-8-2-5-15(18)11-16-6-3-9-19(16)21;/h11,13,17H,2-10,12H2,1H3,(H2,24,25,27);. The molecule has 0 bridgehead atoms. The minimum atomic E-state index is -4.08. The number of hydrogen-bond donors (Lipinski definition) is 2. The number of sulfonamides is 1. The van der Waals surface area contributed by atoms with Gasteiger partial charge in [0.2, 0.25) is 0 Å². The van der Waals surface area contributed by atoms with E-state index >= 15 is 0 Å². The van der Waals surface area contributed by atoms with Crippen molar-refractivity contribution in [2.24, 2.45) is 0 Å². The number of aromatic nitrogens is 2. The van der Waals surface area contributed by atoms with Crippen molar-refractivity contribution in [2.75, 3.05) is 11.9 Å². The molecule has 1 aromatic carbocycles. The summed E-state index contributed by atoms with van der Waals surface area (Å²) >= 11 is 0. The molecule has 5 rings (SSSR count). The van der Waals surface area contributed by atoms with Crippen LogP contribution in [0.25, 0.3) is 0 Å². The fourth-order valence-corrected chi connectivity index (χ4v) is 6.00. The van der Waals surface area contributed by atoms with Crippen molar-refractivity contribution >= 4 is 73.1 Å². The Bertz CT molecular complexity index is 1110. The van der Waals surface area contributed by atoms with Crippen LogP contribution in [0.1, 0.15) is 53.8 Å². The fourth-order valence-electron chi connectivity index (χ4n) is 5.08. The Kier molecular flexibility index (Phi) is 7.50. The number of ether oxygens (including phenoxy) is 1. The van der Waals surface area contributed by atoms with Crippen molar-refractivity contribution in [1.82, 2.24) is 14.3 Å². The summed E-state index contributed by atoms with van der Waals surface area (Å²) in [6.07, 6.45) is 9.49. The molecule has 32 heavy (non-hydrogen) atoms. The molecule has 2 heterocycles. The van der Waals surface area contributed by atoms with E-state index in [1.54, 1.807) is 11.5 Å². The third-order valence-corrected chi connectivity index (χ3v) is 7.79. The smallest absolute Gasteiger partial charge is 0.333 e. The van der Waals surface area contributed by atoms with Crippen LogP contribution in [0, 0.1) is 6.92 Å². The molecule has 167 valence electrons. The van der Waals surface area contributed by atoms with Gasteiger partial charge in [-0.15, -0.1) is 0 Å². The summed E-state index contributed by atoms with van der Waals surface area (Å²) in [5.74, 6) is 0.579. The van der Waals surface area contributed by atoms with E-state index in [2.05, 4.69) is 21.1 Å². The minimum absolute atomic E-state index is 0. The largest absolute Gasteiger partial charge is 0.376 e. The Morgan fingerprint density at radius 2 is 1.84 bits per heavy atom. The van der Waals surface area contributed by atoms with Gasteiger partial charge in [0.25, 0.3) is 10.0 Å². The molecule has 1 aliphatic heterocycles. The van der Waals surface area contributed by atoms with E-state index in [-0.39, 0.29) is 62.5 Å². The first-order valence-electron chi connectivity index (χ1n) is 11.1. The summed E-state index contributed by atoms with van der Waals surface area (Å²) in [7, 11) is -4.08. The third-order valence-electron chi connectivity index (χ3n) is 6.59. The molecule has 1 atom stereocenters. The van der Waals surface area contributed by atoms with Gasteiger partial charge in [0.05, 0.1) is 12.6 Å². The molecule has 1 fully saturated rings. The number of nitrogens with one attached hydrogen (secondary N) is 2. The molecule has 0 saturated carbocycles. The van der Waals surface area contributed by atoms with E-state index in [1.807, 2.05) is 0 Å². The Morgan fingerprint density at radius 1 is 1.16 bits per heavy atom. The van der Waals surface area contributed by atoms with Crippen molar-refractivity contribution in [2.45, 2.75) is 76.0 Å². The zero-order valence-electron chi connectivity index (χ0n) is 18.7. The molecular formula is C22H28KN4O4S. The van der Waals surface area contributed by atoms with Crippen LogP contribution in [0.3, 0.4) is 0 Å². The first kappa shape index (κ1) is 24.4. The first-order chi connectivity index (χ1) is 14.9. The van der Waals surface area contributed by atoms with Gasteiger partial charge >= 0.3 is 6.03 Å². The maximum Gasteiger partial charge on any atom is 0.333 e. The Labute approximate surface area is 231 Å². The maximum absolute atomic E-state index is 12.8. The van der Waals surface area contributed by atoms with Gasteiger partial charge in [0, 0.05) is 69.9 Å². The van der Waals surface area contributed by atoms with Gasteiger partial charge in [0.15, 0.2) is 5.03 Å². The number of nitrogens with zero attached hydrogens (tertiary/aromatic N) is 2. The molecule has 10 heteroatoms. The predicted molar refractivity (Wildman–Crippen MR) is 122 cm³/mol. The van der Waals surface area contributed by atoms with E-state index < -0.39 is 16.1 Å². The third kappa shape index (κ3) is 4.87. The number of fused-ring (bicyclic) bond motifs is 2. The van der Waals surface area contributed by atoms with E-state index in [9.17, 15) is 13.2 Å². The average Bonchev–Trinajstić information content (AvgIpc) is 3.49. The summed E-state index contributed by atoms with van der Waals surface area (Å²) in [5.41, 5.74) is 5.69. The van der Waals surface area contributed by atoms with Crippen LogP contribution >= 0.6 is 0 Å². The number of anilines is 1. The molecular weight excluding hydrogens is 455 g/mol. The second-order valence-electron chi connectivity index (χ2n) is 8.71. The Hall–Kier alpha value is -0.754. The first-order valence-corrected chi connectivity index (χ1v) is 12.5. The normalized spacial score (nSPS) is 19.3. The van der Waals surface area contributed by atoms with Crippen LogP contribution in [0.5, 0.6) is 0 Å². The number of hydrogen-bond acceptors (Lipinski definition) is 5. The van der Waals surface area contributed by atoms with Crippen molar-refractivity contribution in [3.8, 4) is 0 Å². The summed E-state index contributed by atoms with van der Waals surface area (Å²) in [4.78, 5) is 16.9. The summed E-state index contributed by atoms with van der Waals surface area (Å²) < 4.78 is 35.2. The fraction of sp³-hybridized carbons (Fsp3) is 0.545. The van der Waals surface area contributed by atoms with Gasteiger partial charge in [-0.25, -0.2) is 14.5 Å². The minimum Gasteiger partial charge on any atom is -0.376 e. The zero-order chi connectivity index (χ0) is 21.6. The summed E-state index contributed by atoms with van der Waals surface area (Å²) in [6, 6.07) is 1.54. The second kappa shape index (κ2) is 9.85. The van der Waals surface area contributed by atoms with Crippen molar-refractivity contribution in [1.29, 1.82) is 0 Å². The molecule has 1 unspecified atom stereocenters. The molecule has 1 saturated heterocycles. The molecule has 3 aliphatic rings. The zero-order valence-corrected chi connectivity index (χ0v) is 22.7. The Morgan fingerprint density at radius 3 is 2.47 bits per heavy atom. The van der Waals surface area contributed by atoms with E-state index in [1.165, 1.54) is 17.3 Å². The average molecular weight is 484 g/mol. The van der Waals surface area contributed by atoms with Gasteiger partial charge in [-0.05, 0) is 80.5 Å². The summed E-state index contributed by atoms with van der Waals surface area (Å²) in [5, 5.41) is 2.71.